The van der Waals surface area contributed by atoms with Crippen LogP contribution in [0.25, 0.3) is 6.08 Å². The first-order valence-electron chi connectivity index (χ1n) is 7.50. The minimum absolute atomic E-state index is 0.00901. The van der Waals surface area contributed by atoms with Crippen LogP contribution in [0.15, 0.2) is 17.7 Å². The van der Waals surface area contributed by atoms with Crippen molar-refractivity contribution in [3.05, 3.63) is 23.3 Å². The summed E-state index contributed by atoms with van der Waals surface area (Å²) in [6.07, 6.45) is 1.48. The summed E-state index contributed by atoms with van der Waals surface area (Å²) in [5.74, 6) is 0.639. The SMILES string of the molecule is CCOc1cc2c(cc1/C=C1\C(=O)NC(=S)N(CC)C1=O)OCO2. The number of likely N-dealkylation sites (N-methyl/N-ethyl adjacent to an activating group) is 1. The van der Waals surface area contributed by atoms with Gasteiger partial charge < -0.3 is 14.2 Å². The number of hydrogen-bond acceptors (Lipinski definition) is 6. The Labute approximate surface area is 144 Å². The van der Waals surface area contributed by atoms with Gasteiger partial charge in [-0.2, -0.15) is 0 Å². The summed E-state index contributed by atoms with van der Waals surface area (Å²) in [4.78, 5) is 26.0. The molecule has 0 bridgehead atoms. The summed E-state index contributed by atoms with van der Waals surface area (Å²) in [5, 5.41) is 2.63. The molecule has 1 N–H and O–H groups in total. The lowest BCUT2D eigenvalue weighted by Crippen LogP contribution is -2.53. The van der Waals surface area contributed by atoms with Crippen molar-refractivity contribution in [3.8, 4) is 17.2 Å². The van der Waals surface area contributed by atoms with E-state index in [0.29, 0.717) is 36.0 Å². The highest BCUT2D eigenvalue weighted by atomic mass is 32.1. The van der Waals surface area contributed by atoms with Gasteiger partial charge in [0, 0.05) is 18.2 Å². The Morgan fingerprint density at radius 3 is 2.67 bits per heavy atom. The summed E-state index contributed by atoms with van der Waals surface area (Å²) in [6.45, 7) is 4.55. The van der Waals surface area contributed by atoms with Crippen molar-refractivity contribution in [1.29, 1.82) is 0 Å². The molecule has 0 aromatic heterocycles. The number of amides is 2. The minimum Gasteiger partial charge on any atom is -0.493 e. The molecule has 1 fully saturated rings. The van der Waals surface area contributed by atoms with Crippen LogP contribution >= 0.6 is 12.2 Å². The average molecular weight is 348 g/mol. The molecule has 0 spiro atoms. The summed E-state index contributed by atoms with van der Waals surface area (Å²) < 4.78 is 16.3. The minimum atomic E-state index is -0.533. The lowest BCUT2D eigenvalue weighted by molar-refractivity contribution is -0.128. The molecule has 0 radical (unpaired) electrons. The van der Waals surface area contributed by atoms with Gasteiger partial charge in [0.25, 0.3) is 11.8 Å². The van der Waals surface area contributed by atoms with Crippen LogP contribution in [0, 0.1) is 0 Å². The topological polar surface area (TPSA) is 77.1 Å². The summed E-state index contributed by atoms with van der Waals surface area (Å²) in [6, 6.07) is 3.37. The van der Waals surface area contributed by atoms with E-state index >= 15 is 0 Å². The predicted molar refractivity (Wildman–Crippen MR) is 89.8 cm³/mol. The summed E-state index contributed by atoms with van der Waals surface area (Å²) >= 11 is 5.02. The fourth-order valence-electron chi connectivity index (χ4n) is 2.47. The highest BCUT2D eigenvalue weighted by Crippen LogP contribution is 2.39. The van der Waals surface area contributed by atoms with Gasteiger partial charge in [-0.05, 0) is 38.2 Å². The van der Waals surface area contributed by atoms with Crippen molar-refractivity contribution in [3.63, 3.8) is 0 Å². The quantitative estimate of drug-likeness (QED) is 0.504. The van der Waals surface area contributed by atoms with E-state index in [1.165, 1.54) is 11.0 Å². The van der Waals surface area contributed by atoms with Crippen molar-refractivity contribution in [2.75, 3.05) is 19.9 Å². The molecule has 24 heavy (non-hydrogen) atoms. The molecule has 1 aromatic rings. The normalized spacial score (nSPS) is 18.2. The van der Waals surface area contributed by atoms with Crippen LogP contribution in [-0.2, 0) is 9.59 Å². The molecule has 0 unspecified atom stereocenters. The van der Waals surface area contributed by atoms with Gasteiger partial charge >= 0.3 is 0 Å². The van der Waals surface area contributed by atoms with Crippen LogP contribution in [-0.4, -0.2) is 41.8 Å². The number of fused-ring (bicyclic) bond motifs is 1. The maximum atomic E-state index is 12.5. The number of rotatable bonds is 4. The van der Waals surface area contributed by atoms with E-state index in [2.05, 4.69) is 5.32 Å². The molecule has 2 aliphatic rings. The van der Waals surface area contributed by atoms with E-state index in [0.717, 1.165) is 0 Å². The van der Waals surface area contributed by atoms with E-state index < -0.39 is 11.8 Å². The number of benzene rings is 1. The molecular weight excluding hydrogens is 332 g/mol. The largest absolute Gasteiger partial charge is 0.493 e. The number of ether oxygens (including phenoxy) is 3. The number of nitrogens with zero attached hydrogens (tertiary/aromatic N) is 1. The Bertz CT molecular complexity index is 759. The summed E-state index contributed by atoms with van der Waals surface area (Å²) in [7, 11) is 0. The molecular formula is C16H16N2O5S. The molecule has 2 heterocycles. The molecule has 1 saturated heterocycles. The fourth-order valence-corrected chi connectivity index (χ4v) is 2.77. The lowest BCUT2D eigenvalue weighted by Gasteiger charge is -2.27. The van der Waals surface area contributed by atoms with Gasteiger partial charge in [-0.3, -0.25) is 19.8 Å². The van der Waals surface area contributed by atoms with Gasteiger partial charge in [-0.1, -0.05) is 0 Å². The van der Waals surface area contributed by atoms with Crippen LogP contribution in [0.2, 0.25) is 0 Å². The molecule has 126 valence electrons. The molecule has 1 aromatic carbocycles. The summed E-state index contributed by atoms with van der Waals surface area (Å²) in [5.41, 5.74) is 0.550. The average Bonchev–Trinajstić information content (AvgIpc) is 2.99. The van der Waals surface area contributed by atoms with E-state index in [9.17, 15) is 9.59 Å². The number of nitrogens with one attached hydrogen (secondary N) is 1. The molecule has 0 saturated carbocycles. The van der Waals surface area contributed by atoms with Crippen LogP contribution < -0.4 is 19.5 Å². The first-order chi connectivity index (χ1) is 11.5. The van der Waals surface area contributed by atoms with Gasteiger partial charge in [0.1, 0.15) is 11.3 Å². The van der Waals surface area contributed by atoms with Gasteiger partial charge in [-0.15, -0.1) is 0 Å². The zero-order valence-electron chi connectivity index (χ0n) is 13.3. The zero-order chi connectivity index (χ0) is 17.3. The second-order valence-corrected chi connectivity index (χ2v) is 5.43. The van der Waals surface area contributed by atoms with Crippen LogP contribution in [0.4, 0.5) is 0 Å². The lowest BCUT2D eigenvalue weighted by atomic mass is 10.1. The van der Waals surface area contributed by atoms with Gasteiger partial charge in [0.15, 0.2) is 16.6 Å². The maximum absolute atomic E-state index is 12.5. The number of carbonyl (C=O) groups is 2. The molecule has 8 heteroatoms. The molecule has 0 aliphatic carbocycles. The number of thiocarbonyl (C=S) groups is 1. The molecule has 2 aliphatic heterocycles. The van der Waals surface area contributed by atoms with Crippen LogP contribution in [0.1, 0.15) is 19.4 Å². The molecule has 7 nitrogen and oxygen atoms in total. The van der Waals surface area contributed by atoms with E-state index in [-0.39, 0.29) is 17.5 Å². The first-order valence-corrected chi connectivity index (χ1v) is 7.91. The Morgan fingerprint density at radius 1 is 1.29 bits per heavy atom. The highest BCUT2D eigenvalue weighted by molar-refractivity contribution is 7.80. The smallest absolute Gasteiger partial charge is 0.265 e. The molecule has 3 rings (SSSR count). The first kappa shape index (κ1) is 16.3. The van der Waals surface area contributed by atoms with Crippen molar-refractivity contribution in [2.24, 2.45) is 0 Å². The number of carbonyl (C=O) groups excluding carboxylic acids is 2. The predicted octanol–water partition coefficient (Wildman–Crippen LogP) is 1.46. The van der Waals surface area contributed by atoms with Crippen LogP contribution in [0.5, 0.6) is 17.2 Å². The van der Waals surface area contributed by atoms with E-state index in [1.807, 2.05) is 6.92 Å². The Hall–Kier alpha value is -2.61. The zero-order valence-corrected chi connectivity index (χ0v) is 14.1. The van der Waals surface area contributed by atoms with Gasteiger partial charge in [0.05, 0.1) is 6.61 Å². The van der Waals surface area contributed by atoms with Crippen molar-refractivity contribution in [1.82, 2.24) is 10.2 Å². The maximum Gasteiger partial charge on any atom is 0.265 e. The van der Waals surface area contributed by atoms with Crippen molar-refractivity contribution in [2.45, 2.75) is 13.8 Å². The Morgan fingerprint density at radius 2 is 2.00 bits per heavy atom. The Kier molecular flexibility index (Phi) is 4.39. The van der Waals surface area contributed by atoms with Crippen molar-refractivity contribution >= 4 is 35.2 Å². The Balaban J connectivity index is 2.05. The number of hydrogen-bond donors (Lipinski definition) is 1. The highest BCUT2D eigenvalue weighted by Gasteiger charge is 2.32. The van der Waals surface area contributed by atoms with Gasteiger partial charge in [0.2, 0.25) is 6.79 Å². The second kappa shape index (κ2) is 6.48. The third-order valence-corrected chi connectivity index (χ3v) is 3.93. The molecule has 2 amide bonds. The fraction of sp³-hybridized carbons (Fsp3) is 0.312. The third kappa shape index (κ3) is 2.80. The monoisotopic (exact) mass is 348 g/mol. The van der Waals surface area contributed by atoms with E-state index in [4.69, 9.17) is 26.4 Å². The molecule has 0 atom stereocenters. The second-order valence-electron chi connectivity index (χ2n) is 5.04. The van der Waals surface area contributed by atoms with Crippen molar-refractivity contribution < 1.29 is 23.8 Å². The standard InChI is InChI=1S/C16H16N2O5S/c1-3-18-15(20)10(14(19)17-16(18)24)5-9-6-12-13(23-8-22-12)7-11(9)21-4-2/h5-7H,3-4,8H2,1-2H3,(H,17,19,24)/b10-5+. The van der Waals surface area contributed by atoms with E-state index in [1.54, 1.807) is 19.1 Å². The van der Waals surface area contributed by atoms with Gasteiger partial charge in [-0.25, -0.2) is 0 Å². The third-order valence-electron chi connectivity index (χ3n) is 3.61. The van der Waals surface area contributed by atoms with Crippen LogP contribution in [0.3, 0.4) is 0 Å².